The lowest BCUT2D eigenvalue weighted by atomic mass is 10.1. The molecule has 3 rings (SSSR count). The zero-order chi connectivity index (χ0) is 16.2. The van der Waals surface area contributed by atoms with Crippen LogP contribution in [0, 0.1) is 0 Å². The van der Waals surface area contributed by atoms with Crippen molar-refractivity contribution in [2.24, 2.45) is 7.05 Å². The van der Waals surface area contributed by atoms with Crippen molar-refractivity contribution < 1.29 is 4.79 Å². The average Bonchev–Trinajstić information content (AvgIpc) is 3.00. The van der Waals surface area contributed by atoms with Crippen LogP contribution in [0.1, 0.15) is 23.9 Å². The molecule has 0 aromatic carbocycles. The number of pyridine rings is 1. The summed E-state index contributed by atoms with van der Waals surface area (Å²) in [6.07, 6.45) is 8.61. The normalized spacial score (nSPS) is 19.0. The molecule has 6 heteroatoms. The highest BCUT2D eigenvalue weighted by molar-refractivity contribution is 5.76. The van der Waals surface area contributed by atoms with E-state index in [-0.39, 0.29) is 11.9 Å². The molecule has 0 N–H and O–H groups in total. The standard InChI is InChI=1S/C17H23N5O/c1-20-11-12-22(13-15(20)17-19-9-10-21(17)2)16(23)4-3-14-5-7-18-8-6-14/h5-10,15H,3-4,11-13H2,1-2H3. The molecule has 3 heterocycles. The highest BCUT2D eigenvalue weighted by atomic mass is 16.2. The number of hydrogen-bond donors (Lipinski definition) is 0. The first kappa shape index (κ1) is 15.7. The number of hydrogen-bond acceptors (Lipinski definition) is 4. The van der Waals surface area contributed by atoms with Gasteiger partial charge in [-0.05, 0) is 31.2 Å². The highest BCUT2D eigenvalue weighted by Crippen LogP contribution is 2.22. The van der Waals surface area contributed by atoms with E-state index in [9.17, 15) is 4.79 Å². The molecule has 1 atom stereocenters. The first-order valence-corrected chi connectivity index (χ1v) is 7.99. The number of rotatable bonds is 4. The van der Waals surface area contributed by atoms with E-state index in [1.807, 2.05) is 41.0 Å². The lowest BCUT2D eigenvalue weighted by molar-refractivity contribution is -0.134. The number of aryl methyl sites for hydroxylation is 2. The summed E-state index contributed by atoms with van der Waals surface area (Å²) in [4.78, 5) is 25.2. The minimum atomic E-state index is 0.161. The molecule has 1 aliphatic rings. The van der Waals surface area contributed by atoms with Crippen molar-refractivity contribution in [3.8, 4) is 0 Å². The van der Waals surface area contributed by atoms with Gasteiger partial charge >= 0.3 is 0 Å². The Morgan fingerprint density at radius 3 is 2.70 bits per heavy atom. The van der Waals surface area contributed by atoms with Gasteiger partial charge in [0.05, 0.1) is 6.04 Å². The Morgan fingerprint density at radius 1 is 1.22 bits per heavy atom. The maximum absolute atomic E-state index is 12.5. The van der Waals surface area contributed by atoms with Gasteiger partial charge in [0.2, 0.25) is 5.91 Å². The molecule has 1 fully saturated rings. The number of nitrogens with zero attached hydrogens (tertiary/aromatic N) is 5. The second-order valence-electron chi connectivity index (χ2n) is 6.09. The molecule has 0 radical (unpaired) electrons. The predicted octanol–water partition coefficient (Wildman–Crippen LogP) is 1.26. The van der Waals surface area contributed by atoms with Crippen LogP contribution in [0.5, 0.6) is 0 Å². The summed E-state index contributed by atoms with van der Waals surface area (Å²) in [6.45, 7) is 2.36. The van der Waals surface area contributed by atoms with Crippen LogP contribution < -0.4 is 0 Å². The summed E-state index contributed by atoms with van der Waals surface area (Å²) in [7, 11) is 4.10. The molecule has 1 saturated heterocycles. The van der Waals surface area contributed by atoms with Crippen molar-refractivity contribution in [2.45, 2.75) is 18.9 Å². The number of amides is 1. The Labute approximate surface area is 136 Å². The predicted molar refractivity (Wildman–Crippen MR) is 87.7 cm³/mol. The lowest BCUT2D eigenvalue weighted by Gasteiger charge is -2.39. The Kier molecular flexibility index (Phi) is 4.71. The molecule has 23 heavy (non-hydrogen) atoms. The number of piperazine rings is 1. The molecule has 6 nitrogen and oxygen atoms in total. The number of imidazole rings is 1. The third-order valence-corrected chi connectivity index (χ3v) is 4.53. The third kappa shape index (κ3) is 3.59. The van der Waals surface area contributed by atoms with Crippen molar-refractivity contribution >= 4 is 5.91 Å². The second-order valence-corrected chi connectivity index (χ2v) is 6.09. The van der Waals surface area contributed by atoms with Gasteiger partial charge in [0.15, 0.2) is 0 Å². The van der Waals surface area contributed by atoms with Gasteiger partial charge in [-0.15, -0.1) is 0 Å². The molecule has 1 aliphatic heterocycles. The smallest absolute Gasteiger partial charge is 0.223 e. The van der Waals surface area contributed by atoms with Gasteiger partial charge in [0.25, 0.3) is 0 Å². The van der Waals surface area contributed by atoms with E-state index in [2.05, 4.69) is 21.9 Å². The van der Waals surface area contributed by atoms with Gasteiger partial charge in [-0.2, -0.15) is 0 Å². The van der Waals surface area contributed by atoms with Gasteiger partial charge in [-0.25, -0.2) is 4.98 Å². The van der Waals surface area contributed by atoms with Crippen LogP contribution in [0.3, 0.4) is 0 Å². The summed E-state index contributed by atoms with van der Waals surface area (Å²) in [5, 5.41) is 0. The fourth-order valence-electron chi connectivity index (χ4n) is 3.04. The van der Waals surface area contributed by atoms with Crippen LogP contribution in [0.25, 0.3) is 0 Å². The summed E-state index contributed by atoms with van der Waals surface area (Å²) >= 11 is 0. The molecule has 0 bridgehead atoms. The van der Waals surface area contributed by atoms with E-state index in [1.54, 1.807) is 12.4 Å². The Morgan fingerprint density at radius 2 is 2.00 bits per heavy atom. The zero-order valence-corrected chi connectivity index (χ0v) is 13.7. The van der Waals surface area contributed by atoms with E-state index >= 15 is 0 Å². The van der Waals surface area contributed by atoms with E-state index in [0.717, 1.165) is 30.9 Å². The van der Waals surface area contributed by atoms with Crippen LogP contribution in [-0.4, -0.2) is 56.9 Å². The molecule has 0 saturated carbocycles. The highest BCUT2D eigenvalue weighted by Gasteiger charge is 2.30. The van der Waals surface area contributed by atoms with Gasteiger partial charge in [0, 0.05) is 57.9 Å². The summed E-state index contributed by atoms with van der Waals surface area (Å²) in [6, 6.07) is 4.09. The first-order valence-electron chi connectivity index (χ1n) is 7.99. The fourth-order valence-corrected chi connectivity index (χ4v) is 3.04. The molecule has 1 unspecified atom stereocenters. The van der Waals surface area contributed by atoms with E-state index in [0.29, 0.717) is 13.0 Å². The minimum absolute atomic E-state index is 0.161. The molecule has 2 aromatic heterocycles. The minimum Gasteiger partial charge on any atom is -0.339 e. The lowest BCUT2D eigenvalue weighted by Crippen LogP contribution is -2.49. The molecule has 1 amide bonds. The van der Waals surface area contributed by atoms with Crippen molar-refractivity contribution in [1.82, 2.24) is 24.3 Å². The zero-order valence-electron chi connectivity index (χ0n) is 13.7. The van der Waals surface area contributed by atoms with Crippen molar-refractivity contribution in [1.29, 1.82) is 0 Å². The molecular formula is C17H23N5O. The van der Waals surface area contributed by atoms with Crippen LogP contribution in [0.2, 0.25) is 0 Å². The van der Waals surface area contributed by atoms with Crippen LogP contribution in [0.15, 0.2) is 36.9 Å². The molecular weight excluding hydrogens is 290 g/mol. The largest absolute Gasteiger partial charge is 0.339 e. The Balaban J connectivity index is 1.62. The van der Waals surface area contributed by atoms with Crippen LogP contribution >= 0.6 is 0 Å². The van der Waals surface area contributed by atoms with Gasteiger partial charge in [0.1, 0.15) is 5.82 Å². The summed E-state index contributed by atoms with van der Waals surface area (Å²) in [5.41, 5.74) is 1.16. The number of likely N-dealkylation sites (N-methyl/N-ethyl adjacent to an activating group) is 1. The van der Waals surface area contributed by atoms with E-state index in [1.165, 1.54) is 0 Å². The van der Waals surface area contributed by atoms with E-state index < -0.39 is 0 Å². The third-order valence-electron chi connectivity index (χ3n) is 4.53. The summed E-state index contributed by atoms with van der Waals surface area (Å²) in [5.74, 6) is 1.23. The van der Waals surface area contributed by atoms with Crippen LogP contribution in [-0.2, 0) is 18.3 Å². The Bertz CT molecular complexity index is 654. The molecule has 2 aromatic rings. The van der Waals surface area contributed by atoms with Crippen molar-refractivity contribution in [3.05, 3.63) is 48.3 Å². The Hall–Kier alpha value is -2.21. The van der Waals surface area contributed by atoms with Crippen LogP contribution in [0.4, 0.5) is 0 Å². The van der Waals surface area contributed by atoms with Gasteiger partial charge in [-0.3, -0.25) is 14.7 Å². The van der Waals surface area contributed by atoms with Crippen molar-refractivity contribution in [2.75, 3.05) is 26.7 Å². The number of aromatic nitrogens is 3. The topological polar surface area (TPSA) is 54.3 Å². The number of carbonyl (C=O) groups is 1. The molecule has 0 spiro atoms. The summed E-state index contributed by atoms with van der Waals surface area (Å²) < 4.78 is 2.03. The second kappa shape index (κ2) is 6.91. The van der Waals surface area contributed by atoms with Gasteiger partial charge < -0.3 is 9.47 Å². The quantitative estimate of drug-likeness (QED) is 0.853. The molecule has 0 aliphatic carbocycles. The van der Waals surface area contributed by atoms with E-state index in [4.69, 9.17) is 0 Å². The fraction of sp³-hybridized carbons (Fsp3) is 0.471. The first-order chi connectivity index (χ1) is 11.1. The monoisotopic (exact) mass is 313 g/mol. The molecule has 122 valence electrons. The maximum atomic E-state index is 12.5. The maximum Gasteiger partial charge on any atom is 0.223 e. The number of carbonyl (C=O) groups excluding carboxylic acids is 1. The van der Waals surface area contributed by atoms with Gasteiger partial charge in [-0.1, -0.05) is 0 Å². The SMILES string of the molecule is CN1CCN(C(=O)CCc2ccncc2)CC1c1nccn1C. The average molecular weight is 313 g/mol. The van der Waals surface area contributed by atoms with Crippen molar-refractivity contribution in [3.63, 3.8) is 0 Å².